The average molecular weight is 188 g/mol. The molecule has 1 saturated heterocycles. The smallest absolute Gasteiger partial charge is 0.452 e. The van der Waals surface area contributed by atoms with Crippen LogP contribution in [0.4, 0.5) is 17.6 Å². The van der Waals surface area contributed by atoms with Crippen LogP contribution in [0.3, 0.4) is 0 Å². The molecule has 0 radical (unpaired) electrons. The number of hydrogen-bond acceptors (Lipinski definition) is 3. The summed E-state index contributed by atoms with van der Waals surface area (Å²) < 4.78 is 55.4. The minimum Gasteiger partial charge on any atom is -0.457 e. The van der Waals surface area contributed by atoms with E-state index in [2.05, 4.69) is 9.47 Å². The third-order valence-corrected chi connectivity index (χ3v) is 1.26. The number of ether oxygens (including phenoxy) is 2. The third kappa shape index (κ3) is 1.50. The Morgan fingerprint density at radius 2 is 2.00 bits per heavy atom. The first-order chi connectivity index (χ1) is 5.35. The van der Waals surface area contributed by atoms with Gasteiger partial charge in [0.15, 0.2) is 6.61 Å². The zero-order chi connectivity index (χ0) is 9.41. The molecule has 1 rings (SSSR count). The molecular weight excluding hydrogens is 184 g/mol. The molecule has 0 spiro atoms. The van der Waals surface area contributed by atoms with Gasteiger partial charge in [-0.05, 0) is 0 Å². The van der Waals surface area contributed by atoms with Gasteiger partial charge in [0.1, 0.15) is 6.61 Å². The number of halogens is 4. The van der Waals surface area contributed by atoms with Crippen molar-refractivity contribution in [2.75, 3.05) is 13.2 Å². The maximum absolute atomic E-state index is 12.6. The minimum absolute atomic E-state index is 1.01. The van der Waals surface area contributed by atoms with Crippen molar-refractivity contribution >= 4 is 5.97 Å². The zero-order valence-corrected chi connectivity index (χ0v) is 5.65. The molecule has 7 heteroatoms. The van der Waals surface area contributed by atoms with E-state index < -0.39 is 31.2 Å². The fourth-order valence-electron chi connectivity index (χ4n) is 0.594. The quantitative estimate of drug-likeness (QED) is 0.416. The Kier molecular flexibility index (Phi) is 1.99. The normalized spacial score (nSPS) is 31.5. The van der Waals surface area contributed by atoms with Crippen molar-refractivity contribution < 1.29 is 31.8 Å². The molecule has 1 fully saturated rings. The van der Waals surface area contributed by atoms with E-state index in [1.165, 1.54) is 0 Å². The summed E-state index contributed by atoms with van der Waals surface area (Å²) in [5.41, 5.74) is 0. The Labute approximate surface area is 64.2 Å². The highest BCUT2D eigenvalue weighted by Gasteiger charge is 2.60. The summed E-state index contributed by atoms with van der Waals surface area (Å²) in [7, 11) is 0. The minimum atomic E-state index is -5.17. The highest BCUT2D eigenvalue weighted by atomic mass is 19.4. The van der Waals surface area contributed by atoms with Crippen LogP contribution in [0, 0.1) is 0 Å². The molecular formula is C5H4F4O3. The van der Waals surface area contributed by atoms with Crippen LogP contribution in [0.1, 0.15) is 0 Å². The number of carbonyl (C=O) groups is 1. The van der Waals surface area contributed by atoms with Crippen LogP contribution in [-0.4, -0.2) is 31.2 Å². The van der Waals surface area contributed by atoms with Gasteiger partial charge in [-0.15, -0.1) is 0 Å². The molecule has 0 aromatic carbocycles. The molecule has 70 valence electrons. The van der Waals surface area contributed by atoms with Crippen LogP contribution >= 0.6 is 0 Å². The molecule has 0 saturated carbocycles. The summed E-state index contributed by atoms with van der Waals surface area (Å²) in [4.78, 5) is 10.2. The maximum atomic E-state index is 12.6. The lowest BCUT2D eigenvalue weighted by molar-refractivity contribution is -0.353. The van der Waals surface area contributed by atoms with Crippen LogP contribution in [0.25, 0.3) is 0 Å². The molecule has 0 aliphatic carbocycles. The summed E-state index contributed by atoms with van der Waals surface area (Å²) >= 11 is 0. The predicted octanol–water partition coefficient (Wildman–Crippen LogP) is 0.788. The molecule has 12 heavy (non-hydrogen) atoms. The average Bonchev–Trinajstić information content (AvgIpc) is 1.93. The zero-order valence-electron chi connectivity index (χ0n) is 5.65. The monoisotopic (exact) mass is 188 g/mol. The largest absolute Gasteiger partial charge is 0.457 e. The van der Waals surface area contributed by atoms with E-state index in [4.69, 9.17) is 0 Å². The molecule has 0 N–H and O–H groups in total. The number of rotatable bonds is 0. The molecule has 1 heterocycles. The van der Waals surface area contributed by atoms with Crippen molar-refractivity contribution in [2.24, 2.45) is 0 Å². The summed E-state index contributed by atoms with van der Waals surface area (Å²) in [5.74, 6) is -4.85. The van der Waals surface area contributed by atoms with E-state index in [0.717, 1.165) is 0 Å². The Hall–Kier alpha value is -0.850. The van der Waals surface area contributed by atoms with E-state index >= 15 is 0 Å². The number of esters is 1. The van der Waals surface area contributed by atoms with Gasteiger partial charge in [-0.3, -0.25) is 0 Å². The molecule has 1 atom stereocenters. The van der Waals surface area contributed by atoms with E-state index in [1.807, 2.05) is 0 Å². The van der Waals surface area contributed by atoms with Gasteiger partial charge in [0.05, 0.1) is 0 Å². The predicted molar refractivity (Wildman–Crippen MR) is 26.8 cm³/mol. The summed E-state index contributed by atoms with van der Waals surface area (Å²) in [6.07, 6.45) is -5.17. The maximum Gasteiger partial charge on any atom is 0.452 e. The number of carbonyl (C=O) groups excluding carboxylic acids is 1. The van der Waals surface area contributed by atoms with E-state index in [0.29, 0.717) is 0 Å². The van der Waals surface area contributed by atoms with Gasteiger partial charge in [0, 0.05) is 0 Å². The third-order valence-electron chi connectivity index (χ3n) is 1.26. The topological polar surface area (TPSA) is 35.5 Å². The molecule has 0 amide bonds. The highest BCUT2D eigenvalue weighted by molar-refractivity contribution is 5.71. The number of hydrogen-bond donors (Lipinski definition) is 0. The van der Waals surface area contributed by atoms with Crippen molar-refractivity contribution in [3.8, 4) is 0 Å². The van der Waals surface area contributed by atoms with Gasteiger partial charge in [0.2, 0.25) is 0 Å². The highest BCUT2D eigenvalue weighted by Crippen LogP contribution is 2.36. The SMILES string of the molecule is O=C1COC(F)(C(F)(F)F)CO1. The Bertz CT molecular complexity index is 189. The van der Waals surface area contributed by atoms with Crippen LogP contribution in [0.5, 0.6) is 0 Å². The van der Waals surface area contributed by atoms with E-state index in [1.54, 1.807) is 0 Å². The van der Waals surface area contributed by atoms with Gasteiger partial charge < -0.3 is 9.47 Å². The second-order valence-electron chi connectivity index (χ2n) is 2.18. The van der Waals surface area contributed by atoms with Gasteiger partial charge in [0.25, 0.3) is 0 Å². The number of alkyl halides is 4. The van der Waals surface area contributed by atoms with Crippen molar-refractivity contribution in [3.63, 3.8) is 0 Å². The van der Waals surface area contributed by atoms with Crippen LogP contribution in [0.15, 0.2) is 0 Å². The summed E-state index contributed by atoms with van der Waals surface area (Å²) in [5, 5.41) is 0. The van der Waals surface area contributed by atoms with Gasteiger partial charge in [-0.1, -0.05) is 0 Å². The number of cyclic esters (lactones) is 1. The first-order valence-corrected chi connectivity index (χ1v) is 2.90. The first-order valence-electron chi connectivity index (χ1n) is 2.90. The van der Waals surface area contributed by atoms with Gasteiger partial charge >= 0.3 is 18.0 Å². The van der Waals surface area contributed by atoms with Crippen LogP contribution in [-0.2, 0) is 14.3 Å². The lowest BCUT2D eigenvalue weighted by Crippen LogP contribution is -2.52. The fraction of sp³-hybridized carbons (Fsp3) is 0.800. The molecule has 1 aliphatic heterocycles. The first kappa shape index (κ1) is 9.24. The van der Waals surface area contributed by atoms with Crippen LogP contribution in [0.2, 0.25) is 0 Å². The summed E-state index contributed by atoms with van der Waals surface area (Å²) in [6.45, 7) is -2.45. The van der Waals surface area contributed by atoms with Crippen LogP contribution < -0.4 is 0 Å². The second-order valence-corrected chi connectivity index (χ2v) is 2.18. The molecule has 0 aromatic rings. The molecule has 0 aromatic heterocycles. The Morgan fingerprint density at radius 3 is 2.33 bits per heavy atom. The standard InChI is InChI=1S/C5H4F4O3/c6-4(5(7,8)9)2-11-3(10)1-12-4/h1-2H2. The van der Waals surface area contributed by atoms with Gasteiger partial charge in [-0.2, -0.15) is 17.6 Å². The summed E-state index contributed by atoms with van der Waals surface area (Å²) in [6, 6.07) is 0. The molecule has 3 nitrogen and oxygen atoms in total. The van der Waals surface area contributed by atoms with Crippen molar-refractivity contribution in [1.82, 2.24) is 0 Å². The van der Waals surface area contributed by atoms with Crippen molar-refractivity contribution in [1.29, 1.82) is 0 Å². The Morgan fingerprint density at radius 1 is 1.42 bits per heavy atom. The lowest BCUT2D eigenvalue weighted by Gasteiger charge is -2.30. The van der Waals surface area contributed by atoms with Crippen molar-refractivity contribution in [3.05, 3.63) is 0 Å². The molecule has 0 bridgehead atoms. The molecule has 1 unspecified atom stereocenters. The van der Waals surface area contributed by atoms with Crippen molar-refractivity contribution in [2.45, 2.75) is 12.0 Å². The Balaban J connectivity index is 2.68. The van der Waals surface area contributed by atoms with E-state index in [-0.39, 0.29) is 0 Å². The molecule has 1 aliphatic rings. The van der Waals surface area contributed by atoms with Gasteiger partial charge in [-0.25, -0.2) is 4.79 Å². The second kappa shape index (κ2) is 2.58. The van der Waals surface area contributed by atoms with E-state index in [9.17, 15) is 22.4 Å². The lowest BCUT2D eigenvalue weighted by atomic mass is 10.3. The fourth-order valence-corrected chi connectivity index (χ4v) is 0.594.